The van der Waals surface area contributed by atoms with Crippen LogP contribution in [0.1, 0.15) is 24.0 Å². The van der Waals surface area contributed by atoms with Crippen molar-refractivity contribution in [3.63, 3.8) is 0 Å². The van der Waals surface area contributed by atoms with Crippen molar-refractivity contribution in [1.29, 1.82) is 0 Å². The first-order valence-electron chi connectivity index (χ1n) is 11.4. The predicted molar refractivity (Wildman–Crippen MR) is 131 cm³/mol. The zero-order valence-electron chi connectivity index (χ0n) is 19.4. The van der Waals surface area contributed by atoms with Crippen LogP contribution in [0.5, 0.6) is 0 Å². The van der Waals surface area contributed by atoms with E-state index in [4.69, 9.17) is 0 Å². The van der Waals surface area contributed by atoms with Gasteiger partial charge in [-0.2, -0.15) is 13.2 Å². The molecule has 37 heavy (non-hydrogen) atoms. The van der Waals surface area contributed by atoms with E-state index in [-0.39, 0.29) is 22.8 Å². The number of rotatable bonds is 6. The Balaban J connectivity index is 1.38. The van der Waals surface area contributed by atoms with Crippen LogP contribution < -0.4 is 16.6 Å². The summed E-state index contributed by atoms with van der Waals surface area (Å²) < 4.78 is 55.0. The maximum atomic E-state index is 13.9. The Morgan fingerprint density at radius 3 is 2.62 bits per heavy atom. The molecule has 1 fully saturated rings. The molecule has 1 aliphatic carbocycles. The monoisotopic (exact) mass is 532 g/mol. The van der Waals surface area contributed by atoms with Crippen LogP contribution in [0.25, 0.3) is 22.2 Å². The molecule has 0 atom stereocenters. The van der Waals surface area contributed by atoms with E-state index >= 15 is 0 Å². The van der Waals surface area contributed by atoms with Crippen molar-refractivity contribution in [3.8, 4) is 11.3 Å². The Hall–Kier alpha value is -3.80. The molecule has 0 unspecified atom stereocenters. The first kappa shape index (κ1) is 24.9. The van der Waals surface area contributed by atoms with E-state index in [0.717, 1.165) is 36.3 Å². The van der Waals surface area contributed by atoms with Crippen LogP contribution in [-0.4, -0.2) is 20.0 Å². The summed E-state index contributed by atoms with van der Waals surface area (Å²) in [6, 6.07) is 7.46. The number of benzene rings is 2. The normalized spacial score (nSPS) is 13.8. The molecule has 192 valence electrons. The van der Waals surface area contributed by atoms with E-state index in [2.05, 4.69) is 10.3 Å². The molecule has 2 aromatic carbocycles. The van der Waals surface area contributed by atoms with Gasteiger partial charge in [-0.3, -0.25) is 18.7 Å². The minimum Gasteiger partial charge on any atom is -0.302 e. The van der Waals surface area contributed by atoms with Gasteiger partial charge in [0, 0.05) is 24.5 Å². The number of carbonyl (C=O) groups is 1. The molecule has 12 heteroatoms. The zero-order chi connectivity index (χ0) is 26.5. The Morgan fingerprint density at radius 2 is 1.95 bits per heavy atom. The number of aryl methyl sites for hydroxylation is 1. The number of carbonyl (C=O) groups excluding carboxylic acids is 1. The van der Waals surface area contributed by atoms with Gasteiger partial charge in [-0.1, -0.05) is 18.2 Å². The number of halogens is 4. The Labute approximate surface area is 211 Å². The highest BCUT2D eigenvalue weighted by atomic mass is 32.1. The second-order valence-corrected chi connectivity index (χ2v) is 9.83. The van der Waals surface area contributed by atoms with Gasteiger partial charge in [0.1, 0.15) is 5.82 Å². The third kappa shape index (κ3) is 4.93. The van der Waals surface area contributed by atoms with Crippen molar-refractivity contribution in [3.05, 3.63) is 79.6 Å². The largest absolute Gasteiger partial charge is 0.419 e. The number of amides is 1. The first-order valence-corrected chi connectivity index (χ1v) is 12.2. The average Bonchev–Trinajstić information content (AvgIpc) is 3.54. The highest BCUT2D eigenvalue weighted by molar-refractivity contribution is 7.14. The van der Waals surface area contributed by atoms with Crippen LogP contribution >= 0.6 is 11.3 Å². The third-order valence-electron chi connectivity index (χ3n) is 6.28. The molecular weight excluding hydrogens is 512 g/mol. The fraction of sp³-hybridized carbons (Fsp3) is 0.280. The van der Waals surface area contributed by atoms with Gasteiger partial charge in [-0.25, -0.2) is 14.2 Å². The lowest BCUT2D eigenvalue weighted by atomic mass is 10.1. The third-order valence-corrected chi connectivity index (χ3v) is 7.03. The van der Waals surface area contributed by atoms with Crippen LogP contribution in [0.4, 0.5) is 22.7 Å². The van der Waals surface area contributed by atoms with Gasteiger partial charge in [-0.15, -0.1) is 11.3 Å². The van der Waals surface area contributed by atoms with E-state index in [9.17, 15) is 31.9 Å². The number of nitrogens with one attached hydrogen (secondary N) is 1. The molecule has 1 amide bonds. The van der Waals surface area contributed by atoms with Crippen molar-refractivity contribution in [2.75, 3.05) is 5.32 Å². The molecule has 0 bridgehead atoms. The Bertz CT molecular complexity index is 1650. The molecule has 2 heterocycles. The maximum Gasteiger partial charge on any atom is 0.419 e. The van der Waals surface area contributed by atoms with Gasteiger partial charge < -0.3 is 5.32 Å². The van der Waals surface area contributed by atoms with Crippen LogP contribution in [0.15, 0.2) is 51.4 Å². The molecule has 0 radical (unpaired) electrons. The van der Waals surface area contributed by atoms with Gasteiger partial charge >= 0.3 is 11.9 Å². The number of thiazole rings is 1. The summed E-state index contributed by atoms with van der Waals surface area (Å²) in [4.78, 5) is 42.9. The van der Waals surface area contributed by atoms with Crippen molar-refractivity contribution < 1.29 is 22.4 Å². The predicted octanol–water partition coefficient (Wildman–Crippen LogP) is 4.57. The van der Waals surface area contributed by atoms with E-state index in [1.165, 1.54) is 14.5 Å². The molecule has 0 aliphatic heterocycles. The minimum atomic E-state index is -4.81. The zero-order valence-corrected chi connectivity index (χ0v) is 20.3. The molecule has 7 nitrogen and oxygen atoms in total. The molecular formula is C25H20F4N4O3S. The summed E-state index contributed by atoms with van der Waals surface area (Å²) in [5, 5.41) is 4.56. The van der Waals surface area contributed by atoms with Crippen molar-refractivity contribution in [2.45, 2.75) is 32.0 Å². The summed E-state index contributed by atoms with van der Waals surface area (Å²) in [6.07, 6.45) is -3.05. The number of hydrogen-bond acceptors (Lipinski definition) is 5. The summed E-state index contributed by atoms with van der Waals surface area (Å²) in [5.41, 5.74) is -1.00. The van der Waals surface area contributed by atoms with Crippen molar-refractivity contribution >= 4 is 33.3 Å². The van der Waals surface area contributed by atoms with Crippen LogP contribution in [0, 0.1) is 11.7 Å². The first-order chi connectivity index (χ1) is 17.5. The maximum absolute atomic E-state index is 13.9. The van der Waals surface area contributed by atoms with E-state index in [1.54, 1.807) is 25.2 Å². The van der Waals surface area contributed by atoms with E-state index < -0.39 is 34.7 Å². The van der Waals surface area contributed by atoms with Gasteiger partial charge in [0.25, 0.3) is 5.56 Å². The quantitative estimate of drug-likeness (QED) is 0.369. The fourth-order valence-electron chi connectivity index (χ4n) is 4.19. The molecule has 1 aliphatic rings. The second kappa shape index (κ2) is 9.25. The number of aromatic nitrogens is 3. The molecule has 4 aromatic rings. The average molecular weight is 533 g/mol. The van der Waals surface area contributed by atoms with E-state index in [0.29, 0.717) is 35.0 Å². The molecule has 0 spiro atoms. The lowest BCUT2D eigenvalue weighted by Crippen LogP contribution is -2.40. The fourth-order valence-corrected chi connectivity index (χ4v) is 4.93. The lowest BCUT2D eigenvalue weighted by Gasteiger charge is -2.13. The highest BCUT2D eigenvalue weighted by Crippen LogP contribution is 2.34. The van der Waals surface area contributed by atoms with Crippen LogP contribution in [0.2, 0.25) is 0 Å². The number of alkyl halides is 3. The number of nitrogens with zero attached hydrogens (tertiary/aromatic N) is 3. The topological polar surface area (TPSA) is 86.0 Å². The Morgan fingerprint density at radius 1 is 1.19 bits per heavy atom. The van der Waals surface area contributed by atoms with E-state index in [1.807, 2.05) is 0 Å². The number of fused-ring (bicyclic) bond motifs is 1. The SMILES string of the molecule is Cn1c(=O)n(CC2CC2)c(=O)c2c(CC(=O)Nc3nc(-c4ccc(C(F)(F)F)c(F)c4)cs3)cccc21. The summed E-state index contributed by atoms with van der Waals surface area (Å²) in [5.74, 6) is -1.59. The van der Waals surface area contributed by atoms with Crippen LogP contribution in [0.3, 0.4) is 0 Å². The molecule has 0 saturated heterocycles. The smallest absolute Gasteiger partial charge is 0.302 e. The van der Waals surface area contributed by atoms with Crippen molar-refractivity contribution in [2.24, 2.45) is 13.0 Å². The van der Waals surface area contributed by atoms with Gasteiger partial charge in [0.15, 0.2) is 5.13 Å². The minimum absolute atomic E-state index is 0.133. The standard InChI is InChI=1S/C25H20F4N4O3S/c1-32-19-4-2-3-15(21(19)22(35)33(24(32)36)11-13-5-6-13)10-20(34)31-23-30-18(12-37-23)14-7-8-16(17(26)9-14)25(27,28)29/h2-4,7-9,12-13H,5-6,10-11H2,1H3,(H,30,31,34). The molecule has 1 saturated carbocycles. The molecule has 5 rings (SSSR count). The molecule has 1 N–H and O–H groups in total. The lowest BCUT2D eigenvalue weighted by molar-refractivity contribution is -0.140. The van der Waals surface area contributed by atoms with Gasteiger partial charge in [0.2, 0.25) is 5.91 Å². The van der Waals surface area contributed by atoms with Gasteiger partial charge in [0.05, 0.1) is 28.6 Å². The highest BCUT2D eigenvalue weighted by Gasteiger charge is 2.34. The number of hydrogen-bond donors (Lipinski definition) is 1. The summed E-state index contributed by atoms with van der Waals surface area (Å²) in [6.45, 7) is 0.342. The van der Waals surface area contributed by atoms with Crippen LogP contribution in [-0.2, 0) is 31.0 Å². The number of anilines is 1. The molecule has 2 aromatic heterocycles. The van der Waals surface area contributed by atoms with Crippen molar-refractivity contribution in [1.82, 2.24) is 14.1 Å². The summed E-state index contributed by atoms with van der Waals surface area (Å²) in [7, 11) is 1.58. The Kier molecular flexibility index (Phi) is 6.22. The van der Waals surface area contributed by atoms with Gasteiger partial charge in [-0.05, 0) is 42.5 Å². The summed E-state index contributed by atoms with van der Waals surface area (Å²) >= 11 is 1.03. The second-order valence-electron chi connectivity index (χ2n) is 8.97.